The number of carbonyl (C=O) groups excluding carboxylic acids is 2. The van der Waals surface area contributed by atoms with Crippen LogP contribution in [-0.4, -0.2) is 31.4 Å². The van der Waals surface area contributed by atoms with Gasteiger partial charge in [-0.05, 0) is 55.2 Å². The van der Waals surface area contributed by atoms with Gasteiger partial charge in [0.05, 0.1) is 5.56 Å². The first-order valence-corrected chi connectivity index (χ1v) is 12.2. The van der Waals surface area contributed by atoms with Crippen molar-refractivity contribution in [3.8, 4) is 5.69 Å². The molecule has 6 nitrogen and oxygen atoms in total. The van der Waals surface area contributed by atoms with E-state index in [9.17, 15) is 14.7 Å². The van der Waals surface area contributed by atoms with Crippen LogP contribution in [-0.2, 0) is 12.3 Å². The third-order valence-corrected chi connectivity index (χ3v) is 6.91. The number of hydrogen-bond donors (Lipinski definition) is 1. The molecule has 1 unspecified atom stereocenters. The molecule has 0 saturated carbocycles. The number of rotatable bonds is 6. The maximum absolute atomic E-state index is 15.4. The second-order valence-electron chi connectivity index (χ2n) is 9.11. The summed E-state index contributed by atoms with van der Waals surface area (Å²) >= 11 is 6.15. The van der Waals surface area contributed by atoms with Gasteiger partial charge < -0.3 is 5.11 Å². The van der Waals surface area contributed by atoms with Crippen LogP contribution in [0.15, 0.2) is 60.8 Å². The van der Waals surface area contributed by atoms with E-state index in [0.717, 1.165) is 16.8 Å². The minimum Gasteiger partial charge on any atom is -0.380 e. The number of pyridine rings is 1. The van der Waals surface area contributed by atoms with Crippen LogP contribution in [0.25, 0.3) is 5.69 Å². The van der Waals surface area contributed by atoms with Crippen molar-refractivity contribution < 1.29 is 27.9 Å². The molecular formula is C28H21ClF3N3O3. The third kappa shape index (κ3) is 4.41. The van der Waals surface area contributed by atoms with E-state index in [0.29, 0.717) is 11.1 Å². The lowest BCUT2D eigenvalue weighted by atomic mass is 9.90. The van der Waals surface area contributed by atoms with E-state index in [2.05, 4.69) is 10.1 Å². The lowest BCUT2D eigenvalue weighted by molar-refractivity contribution is -0.0283. The molecule has 4 aromatic rings. The molecule has 1 N–H and O–H groups in total. The Kier molecular flexibility index (Phi) is 6.66. The van der Waals surface area contributed by atoms with Crippen molar-refractivity contribution in [1.82, 2.24) is 14.8 Å². The van der Waals surface area contributed by atoms with Gasteiger partial charge in [-0.3, -0.25) is 9.59 Å². The Hall–Kier alpha value is -3.82. The van der Waals surface area contributed by atoms with Crippen LogP contribution < -0.4 is 0 Å². The van der Waals surface area contributed by atoms with E-state index in [1.54, 1.807) is 43.3 Å². The molecule has 2 heterocycles. The number of aromatic nitrogens is 3. The van der Waals surface area contributed by atoms with Gasteiger partial charge in [-0.15, -0.1) is 0 Å². The molecule has 194 valence electrons. The van der Waals surface area contributed by atoms with Gasteiger partial charge in [0.1, 0.15) is 34.1 Å². The molecule has 1 aliphatic rings. The Balaban J connectivity index is 1.60. The predicted molar refractivity (Wildman–Crippen MR) is 134 cm³/mol. The van der Waals surface area contributed by atoms with Gasteiger partial charge in [-0.2, -0.15) is 13.9 Å². The average Bonchev–Trinajstić information content (AvgIpc) is 3.29. The molecule has 2 aromatic heterocycles. The fourth-order valence-electron chi connectivity index (χ4n) is 4.72. The normalized spacial score (nSPS) is 15.1. The number of hydrogen-bond acceptors (Lipinski definition) is 5. The lowest BCUT2D eigenvalue weighted by Gasteiger charge is -2.24. The zero-order valence-electron chi connectivity index (χ0n) is 20.1. The average molecular weight is 540 g/mol. The highest BCUT2D eigenvalue weighted by Gasteiger charge is 2.44. The van der Waals surface area contributed by atoms with Crippen molar-refractivity contribution in [3.63, 3.8) is 0 Å². The fraction of sp³-hybridized carbons (Fsp3) is 0.214. The van der Waals surface area contributed by atoms with Crippen LogP contribution in [0.4, 0.5) is 13.2 Å². The number of aliphatic hydroxyl groups is 1. The summed E-state index contributed by atoms with van der Waals surface area (Å²) in [6.07, 6.45) is -0.347. The van der Waals surface area contributed by atoms with Crippen molar-refractivity contribution in [1.29, 1.82) is 0 Å². The van der Waals surface area contributed by atoms with Gasteiger partial charge in [0.25, 0.3) is 5.92 Å². The van der Waals surface area contributed by atoms with Crippen molar-refractivity contribution in [2.75, 3.05) is 0 Å². The van der Waals surface area contributed by atoms with Gasteiger partial charge in [0, 0.05) is 23.7 Å². The van der Waals surface area contributed by atoms with Gasteiger partial charge in [0.2, 0.25) is 5.78 Å². The highest BCUT2D eigenvalue weighted by atomic mass is 35.5. The van der Waals surface area contributed by atoms with Crippen molar-refractivity contribution >= 4 is 23.2 Å². The minimum absolute atomic E-state index is 0.0182. The topological polar surface area (TPSA) is 85.1 Å². The van der Waals surface area contributed by atoms with Crippen LogP contribution >= 0.6 is 11.6 Å². The van der Waals surface area contributed by atoms with Crippen LogP contribution in [0.1, 0.15) is 67.7 Å². The Bertz CT molecular complexity index is 1550. The predicted octanol–water partition coefficient (Wildman–Crippen LogP) is 5.94. The fourth-order valence-corrected chi connectivity index (χ4v) is 5.01. The molecule has 38 heavy (non-hydrogen) atoms. The summed E-state index contributed by atoms with van der Waals surface area (Å²) in [5.41, 5.74) is -0.465. The van der Waals surface area contributed by atoms with E-state index >= 15 is 13.2 Å². The largest absolute Gasteiger partial charge is 0.380 e. The number of nitrogens with zero attached hydrogens (tertiary/aromatic N) is 3. The summed E-state index contributed by atoms with van der Waals surface area (Å²) in [4.78, 5) is 30.1. The van der Waals surface area contributed by atoms with E-state index in [1.165, 1.54) is 12.3 Å². The zero-order valence-corrected chi connectivity index (χ0v) is 20.8. The first-order chi connectivity index (χ1) is 18.1. The Labute approximate surface area is 220 Å². The number of Topliss-reactive ketones (excluding diaryl/α,β-unsaturated/α-hetero) is 1. The number of carbonyl (C=O) groups is 2. The van der Waals surface area contributed by atoms with Gasteiger partial charge >= 0.3 is 0 Å². The first-order valence-electron chi connectivity index (χ1n) is 11.8. The number of alkyl halides is 2. The molecule has 0 bridgehead atoms. The minimum atomic E-state index is -3.38. The second-order valence-corrected chi connectivity index (χ2v) is 9.47. The summed E-state index contributed by atoms with van der Waals surface area (Å²) in [6, 6.07) is 12.9. The van der Waals surface area contributed by atoms with Crippen molar-refractivity contribution in [2.45, 2.75) is 38.2 Å². The van der Waals surface area contributed by atoms with Gasteiger partial charge in [0.15, 0.2) is 5.78 Å². The number of ketones is 2. The molecule has 0 radical (unpaired) electrons. The Morgan fingerprint density at radius 1 is 1.13 bits per heavy atom. The van der Waals surface area contributed by atoms with E-state index < -0.39 is 41.5 Å². The highest BCUT2D eigenvalue weighted by Crippen LogP contribution is 2.43. The smallest absolute Gasteiger partial charge is 0.290 e. The first kappa shape index (κ1) is 25.8. The molecule has 2 aromatic carbocycles. The number of benzene rings is 2. The SMILES string of the molecule is Cc1ccnc(Cl)c1C(=O)c1nn(-c2ccc(C(=O)C(O)c3ccccc3)cc2F)c2c1CCCC2(F)F. The third-order valence-electron chi connectivity index (χ3n) is 6.63. The van der Waals surface area contributed by atoms with Crippen LogP contribution in [0.5, 0.6) is 0 Å². The standard InChI is InChI=1S/C28H21ClF3N3O3/c1-15-11-13-33-27(29)21(15)25(38)22-18-8-5-12-28(31,32)26(18)35(34-22)20-10-9-17(14-19(20)30)24(37)23(36)16-6-3-2-4-7-16/h2-4,6-7,9-11,13-14,23,36H,5,8,12H2,1H3. The van der Waals surface area contributed by atoms with Crippen LogP contribution in [0, 0.1) is 12.7 Å². The van der Waals surface area contributed by atoms with Crippen LogP contribution in [0.3, 0.4) is 0 Å². The van der Waals surface area contributed by atoms with E-state index in [4.69, 9.17) is 11.6 Å². The van der Waals surface area contributed by atoms with Crippen molar-refractivity contribution in [3.05, 3.63) is 111 Å². The van der Waals surface area contributed by atoms with Crippen LogP contribution in [0.2, 0.25) is 5.15 Å². The maximum atomic E-state index is 15.4. The number of halogens is 4. The number of aryl methyl sites for hydroxylation is 1. The molecule has 0 spiro atoms. The molecular weight excluding hydrogens is 519 g/mol. The summed E-state index contributed by atoms with van der Waals surface area (Å²) < 4.78 is 46.5. The molecule has 0 aliphatic heterocycles. The second kappa shape index (κ2) is 9.81. The summed E-state index contributed by atoms with van der Waals surface area (Å²) in [5, 5.41) is 14.5. The quantitative estimate of drug-likeness (QED) is 0.242. The molecule has 0 amide bonds. The zero-order chi connectivity index (χ0) is 27.2. The lowest BCUT2D eigenvalue weighted by Crippen LogP contribution is -2.25. The molecule has 1 aliphatic carbocycles. The number of aliphatic hydroxyl groups excluding tert-OH is 1. The van der Waals surface area contributed by atoms with Gasteiger partial charge in [-0.1, -0.05) is 41.9 Å². The van der Waals surface area contributed by atoms with Gasteiger partial charge in [-0.25, -0.2) is 14.1 Å². The monoisotopic (exact) mass is 539 g/mol. The van der Waals surface area contributed by atoms with E-state index in [1.807, 2.05) is 0 Å². The number of fused-ring (bicyclic) bond motifs is 1. The molecule has 10 heteroatoms. The summed E-state index contributed by atoms with van der Waals surface area (Å²) in [5.74, 6) is -5.84. The highest BCUT2D eigenvalue weighted by molar-refractivity contribution is 6.34. The Morgan fingerprint density at radius 3 is 2.55 bits per heavy atom. The van der Waals surface area contributed by atoms with Crippen molar-refractivity contribution in [2.24, 2.45) is 0 Å². The summed E-state index contributed by atoms with van der Waals surface area (Å²) in [6.45, 7) is 1.64. The summed E-state index contributed by atoms with van der Waals surface area (Å²) in [7, 11) is 0. The molecule has 0 fully saturated rings. The Morgan fingerprint density at radius 2 is 1.87 bits per heavy atom. The molecule has 5 rings (SSSR count). The molecule has 1 atom stereocenters. The van der Waals surface area contributed by atoms with E-state index in [-0.39, 0.29) is 46.1 Å². The maximum Gasteiger partial charge on any atom is 0.290 e. The molecule has 0 saturated heterocycles.